The number of ether oxygens (including phenoxy) is 1. The van der Waals surface area contributed by atoms with Crippen molar-refractivity contribution >= 4 is 17.0 Å². The number of anilines is 1. The number of nitrogens with one attached hydrogen (secondary N) is 1. The number of fused-ring (bicyclic) bond motifs is 1. The Morgan fingerprint density at radius 3 is 2.61 bits per heavy atom. The van der Waals surface area contributed by atoms with E-state index in [1.165, 1.54) is 5.56 Å². The van der Waals surface area contributed by atoms with Gasteiger partial charge in [-0.15, -0.1) is 0 Å². The van der Waals surface area contributed by atoms with Crippen LogP contribution in [0.3, 0.4) is 0 Å². The zero-order valence-corrected chi connectivity index (χ0v) is 18.7. The third kappa shape index (κ3) is 4.65. The second-order valence-corrected chi connectivity index (χ2v) is 8.13. The average molecular weight is 425 g/mol. The fourth-order valence-corrected chi connectivity index (χ4v) is 4.21. The van der Waals surface area contributed by atoms with E-state index in [4.69, 9.17) is 9.72 Å². The van der Waals surface area contributed by atoms with Gasteiger partial charge >= 0.3 is 0 Å². The highest BCUT2D eigenvalue weighted by atomic mass is 16.5. The second-order valence-electron chi connectivity index (χ2n) is 8.13. The van der Waals surface area contributed by atoms with Gasteiger partial charge in [-0.25, -0.2) is 4.98 Å². The molecule has 1 saturated heterocycles. The predicted molar refractivity (Wildman–Crippen MR) is 123 cm³/mol. The maximum atomic E-state index is 12.9. The molecule has 8 heteroatoms. The summed E-state index contributed by atoms with van der Waals surface area (Å²) in [5.74, 6) is 0.625. The average Bonchev–Trinajstić information content (AvgIpc) is 3.11. The molecule has 1 fully saturated rings. The van der Waals surface area contributed by atoms with Gasteiger partial charge in [-0.1, -0.05) is 32.0 Å². The highest BCUT2D eigenvalue weighted by molar-refractivity contribution is 5.90. The predicted octanol–water partition coefficient (Wildman–Crippen LogP) is 2.78. The molecule has 0 amide bonds. The van der Waals surface area contributed by atoms with Crippen LogP contribution in [0, 0.1) is 0 Å². The van der Waals surface area contributed by atoms with Crippen LogP contribution in [0.1, 0.15) is 32.3 Å². The van der Waals surface area contributed by atoms with Crippen molar-refractivity contribution in [3.8, 4) is 11.3 Å². The number of benzene rings is 1. The summed E-state index contributed by atoms with van der Waals surface area (Å²) in [4.78, 5) is 25.3. The minimum Gasteiger partial charge on any atom is -0.379 e. The monoisotopic (exact) mass is 424 g/mol. The Morgan fingerprint density at radius 1 is 1.16 bits per heavy atom. The third-order valence-electron chi connectivity index (χ3n) is 5.68. The van der Waals surface area contributed by atoms with E-state index in [-0.39, 0.29) is 5.56 Å². The van der Waals surface area contributed by atoms with Crippen LogP contribution >= 0.6 is 0 Å². The second kappa shape index (κ2) is 9.62. The number of aromatic amines is 1. The number of nitrogens with zero attached hydrogens (tertiary/aromatic N) is 5. The summed E-state index contributed by atoms with van der Waals surface area (Å²) in [6.07, 6.45) is 1.98. The SMILES string of the molecule is CCCN(CCC)c1nc2c(-c3cccc(CN4CCOCC4)c3)nn(C)c2c(=O)[nH]1. The molecule has 3 aromatic rings. The molecular weight excluding hydrogens is 392 g/mol. The number of H-pyrrole nitrogens is 1. The van der Waals surface area contributed by atoms with E-state index in [2.05, 4.69) is 51.9 Å². The quantitative estimate of drug-likeness (QED) is 0.599. The summed E-state index contributed by atoms with van der Waals surface area (Å²) in [6, 6.07) is 8.40. The van der Waals surface area contributed by atoms with Gasteiger partial charge in [-0.05, 0) is 24.5 Å². The molecule has 3 heterocycles. The molecule has 1 aliphatic heterocycles. The fourth-order valence-electron chi connectivity index (χ4n) is 4.21. The van der Waals surface area contributed by atoms with E-state index in [1.807, 2.05) is 6.07 Å². The minimum atomic E-state index is -0.150. The number of hydrogen-bond donors (Lipinski definition) is 1. The van der Waals surface area contributed by atoms with E-state index in [9.17, 15) is 4.79 Å². The lowest BCUT2D eigenvalue weighted by molar-refractivity contribution is 0.0342. The van der Waals surface area contributed by atoms with Crippen molar-refractivity contribution in [3.05, 3.63) is 40.2 Å². The lowest BCUT2D eigenvalue weighted by atomic mass is 10.1. The van der Waals surface area contributed by atoms with Gasteiger partial charge in [0.15, 0.2) is 5.52 Å². The van der Waals surface area contributed by atoms with Gasteiger partial charge in [-0.3, -0.25) is 19.4 Å². The summed E-state index contributed by atoms with van der Waals surface area (Å²) in [5, 5.41) is 4.68. The summed E-state index contributed by atoms with van der Waals surface area (Å²) < 4.78 is 7.10. The Hall–Kier alpha value is -2.71. The number of hydrogen-bond acceptors (Lipinski definition) is 6. The molecule has 0 atom stereocenters. The first-order chi connectivity index (χ1) is 15.1. The van der Waals surface area contributed by atoms with Crippen molar-refractivity contribution < 1.29 is 4.74 Å². The van der Waals surface area contributed by atoms with Gasteiger partial charge < -0.3 is 9.64 Å². The van der Waals surface area contributed by atoms with Crippen LogP contribution in [0.5, 0.6) is 0 Å². The third-order valence-corrected chi connectivity index (χ3v) is 5.68. The Bertz CT molecular complexity index is 1080. The molecule has 0 aliphatic carbocycles. The van der Waals surface area contributed by atoms with Gasteiger partial charge in [0.2, 0.25) is 5.95 Å². The molecule has 4 rings (SSSR count). The van der Waals surface area contributed by atoms with Crippen LogP contribution in [-0.4, -0.2) is 64.0 Å². The Morgan fingerprint density at radius 2 is 1.90 bits per heavy atom. The van der Waals surface area contributed by atoms with Crippen molar-refractivity contribution in [1.29, 1.82) is 0 Å². The summed E-state index contributed by atoms with van der Waals surface area (Å²) in [7, 11) is 1.80. The van der Waals surface area contributed by atoms with Crippen LogP contribution in [0.25, 0.3) is 22.3 Å². The zero-order chi connectivity index (χ0) is 21.8. The number of aromatic nitrogens is 4. The smallest absolute Gasteiger partial charge is 0.278 e. The normalized spacial score (nSPS) is 14.9. The van der Waals surface area contributed by atoms with Gasteiger partial charge in [0.25, 0.3) is 5.56 Å². The number of aryl methyl sites for hydroxylation is 1. The van der Waals surface area contributed by atoms with Crippen molar-refractivity contribution in [2.45, 2.75) is 33.2 Å². The summed E-state index contributed by atoms with van der Waals surface area (Å²) >= 11 is 0. The standard InChI is InChI=1S/C23H32N6O2/c1-4-9-29(10-5-2)23-24-20-19(26-27(3)21(20)22(30)25-23)18-8-6-7-17(15-18)16-28-11-13-31-14-12-28/h6-8,15H,4-5,9-14,16H2,1-3H3,(H,24,25,30). The molecule has 8 nitrogen and oxygen atoms in total. The molecular formula is C23H32N6O2. The maximum Gasteiger partial charge on any atom is 0.278 e. The minimum absolute atomic E-state index is 0.150. The zero-order valence-electron chi connectivity index (χ0n) is 18.7. The molecule has 1 aromatic carbocycles. The first-order valence-corrected chi connectivity index (χ1v) is 11.2. The van der Waals surface area contributed by atoms with Crippen LogP contribution in [0.2, 0.25) is 0 Å². The van der Waals surface area contributed by atoms with E-state index in [0.717, 1.165) is 70.0 Å². The summed E-state index contributed by atoms with van der Waals surface area (Å²) in [6.45, 7) is 10.3. The van der Waals surface area contributed by atoms with E-state index < -0.39 is 0 Å². The van der Waals surface area contributed by atoms with Crippen LogP contribution in [0.15, 0.2) is 29.1 Å². The summed E-state index contributed by atoms with van der Waals surface area (Å²) in [5.41, 5.74) is 3.97. The molecule has 0 saturated carbocycles. The van der Waals surface area contributed by atoms with Gasteiger partial charge in [0.05, 0.1) is 13.2 Å². The molecule has 1 aliphatic rings. The Balaban J connectivity index is 1.73. The van der Waals surface area contributed by atoms with Crippen LogP contribution in [0.4, 0.5) is 5.95 Å². The lowest BCUT2D eigenvalue weighted by Gasteiger charge is -2.26. The molecule has 0 spiro atoms. The molecule has 31 heavy (non-hydrogen) atoms. The Labute approximate surface area is 182 Å². The molecule has 0 radical (unpaired) electrons. The highest BCUT2D eigenvalue weighted by Gasteiger charge is 2.19. The maximum absolute atomic E-state index is 12.9. The van der Waals surface area contributed by atoms with Crippen molar-refractivity contribution in [3.63, 3.8) is 0 Å². The molecule has 0 unspecified atom stereocenters. The first kappa shape index (κ1) is 21.5. The lowest BCUT2D eigenvalue weighted by Crippen LogP contribution is -2.35. The molecule has 166 valence electrons. The van der Waals surface area contributed by atoms with E-state index in [0.29, 0.717) is 17.0 Å². The highest BCUT2D eigenvalue weighted by Crippen LogP contribution is 2.27. The van der Waals surface area contributed by atoms with E-state index in [1.54, 1.807) is 11.7 Å². The van der Waals surface area contributed by atoms with Crippen molar-refractivity contribution in [2.75, 3.05) is 44.3 Å². The van der Waals surface area contributed by atoms with Crippen LogP contribution in [-0.2, 0) is 18.3 Å². The Kier molecular flexibility index (Phi) is 6.67. The topological polar surface area (TPSA) is 79.3 Å². The van der Waals surface area contributed by atoms with Crippen molar-refractivity contribution in [2.24, 2.45) is 7.05 Å². The van der Waals surface area contributed by atoms with Crippen molar-refractivity contribution in [1.82, 2.24) is 24.6 Å². The van der Waals surface area contributed by atoms with Gasteiger partial charge in [0, 0.05) is 45.3 Å². The number of morpholine rings is 1. The largest absolute Gasteiger partial charge is 0.379 e. The van der Waals surface area contributed by atoms with Gasteiger partial charge in [-0.2, -0.15) is 5.10 Å². The van der Waals surface area contributed by atoms with Crippen LogP contribution < -0.4 is 10.5 Å². The van der Waals surface area contributed by atoms with Gasteiger partial charge in [0.1, 0.15) is 11.2 Å². The fraction of sp³-hybridized carbons (Fsp3) is 0.522. The number of rotatable bonds is 8. The van der Waals surface area contributed by atoms with E-state index >= 15 is 0 Å². The first-order valence-electron chi connectivity index (χ1n) is 11.2. The molecule has 1 N–H and O–H groups in total. The molecule has 0 bridgehead atoms. The molecule has 2 aromatic heterocycles.